The first-order valence-corrected chi connectivity index (χ1v) is 8.79. The van der Waals surface area contributed by atoms with E-state index in [2.05, 4.69) is 22.4 Å². The fourth-order valence-corrected chi connectivity index (χ4v) is 3.60. The van der Waals surface area contributed by atoms with Crippen LogP contribution in [-0.2, 0) is 17.6 Å². The van der Waals surface area contributed by atoms with Crippen LogP contribution in [0, 0.1) is 12.8 Å². The van der Waals surface area contributed by atoms with Crippen molar-refractivity contribution in [3.8, 4) is 0 Å². The van der Waals surface area contributed by atoms with Gasteiger partial charge in [-0.15, -0.1) is 11.3 Å². The quantitative estimate of drug-likeness (QED) is 0.877. The van der Waals surface area contributed by atoms with Gasteiger partial charge in [-0.05, 0) is 19.8 Å². The molecule has 0 aromatic carbocycles. The zero-order valence-electron chi connectivity index (χ0n) is 13.4. The Bertz CT molecular complexity index is 667. The van der Waals surface area contributed by atoms with Crippen LogP contribution in [0.2, 0.25) is 0 Å². The number of aromatic nitrogens is 2. The van der Waals surface area contributed by atoms with Crippen molar-refractivity contribution in [2.24, 2.45) is 5.92 Å². The van der Waals surface area contributed by atoms with Gasteiger partial charge in [-0.1, -0.05) is 12.1 Å². The third-order valence-corrected chi connectivity index (χ3v) is 4.81. The molecule has 1 saturated heterocycles. The SMILES string of the molecule is CCCc1nc(C(=O)N[C@H]2COC[C@H]2Cc2cc(C)no2)cs1. The van der Waals surface area contributed by atoms with Crippen LogP contribution in [0.15, 0.2) is 16.0 Å². The molecule has 1 aliphatic rings. The van der Waals surface area contributed by atoms with Gasteiger partial charge in [-0.25, -0.2) is 4.98 Å². The van der Waals surface area contributed by atoms with Crippen LogP contribution in [0.3, 0.4) is 0 Å². The van der Waals surface area contributed by atoms with Gasteiger partial charge in [-0.2, -0.15) is 0 Å². The van der Waals surface area contributed by atoms with Gasteiger partial charge >= 0.3 is 0 Å². The number of aryl methyl sites for hydroxylation is 2. The van der Waals surface area contributed by atoms with E-state index in [1.54, 1.807) is 11.3 Å². The van der Waals surface area contributed by atoms with Gasteiger partial charge in [0, 0.05) is 23.8 Å². The maximum Gasteiger partial charge on any atom is 0.271 e. The fourth-order valence-electron chi connectivity index (χ4n) is 2.72. The molecule has 0 unspecified atom stereocenters. The average Bonchev–Trinajstić information content (AvgIpc) is 3.23. The van der Waals surface area contributed by atoms with Gasteiger partial charge in [0.05, 0.1) is 30.0 Å². The molecule has 1 aliphatic heterocycles. The number of amides is 1. The Hall–Kier alpha value is -1.73. The summed E-state index contributed by atoms with van der Waals surface area (Å²) in [6.07, 6.45) is 2.66. The first-order chi connectivity index (χ1) is 11.2. The standard InChI is InChI=1S/C16H21N3O3S/c1-3-4-15-17-14(9-23-15)16(20)18-13-8-21-7-11(13)6-12-5-10(2)19-22-12/h5,9,11,13H,3-4,6-8H2,1-2H3,(H,18,20)/t11-,13+/m1/s1. The molecule has 2 aromatic heterocycles. The number of nitrogens with zero attached hydrogens (tertiary/aromatic N) is 2. The fraction of sp³-hybridized carbons (Fsp3) is 0.562. The Labute approximate surface area is 139 Å². The number of rotatable bonds is 6. The van der Waals surface area contributed by atoms with E-state index in [0.717, 1.165) is 29.3 Å². The maximum absolute atomic E-state index is 12.4. The summed E-state index contributed by atoms with van der Waals surface area (Å²) in [4.78, 5) is 16.8. The van der Waals surface area contributed by atoms with Crippen molar-refractivity contribution in [1.29, 1.82) is 0 Å². The van der Waals surface area contributed by atoms with E-state index >= 15 is 0 Å². The largest absolute Gasteiger partial charge is 0.379 e. The molecule has 1 N–H and O–H groups in total. The highest BCUT2D eigenvalue weighted by Gasteiger charge is 2.31. The molecule has 2 atom stereocenters. The van der Waals surface area contributed by atoms with Crippen molar-refractivity contribution in [3.63, 3.8) is 0 Å². The van der Waals surface area contributed by atoms with Gasteiger partial charge in [-0.3, -0.25) is 4.79 Å². The lowest BCUT2D eigenvalue weighted by Gasteiger charge is -2.17. The third-order valence-electron chi connectivity index (χ3n) is 3.90. The van der Waals surface area contributed by atoms with Crippen LogP contribution in [0.4, 0.5) is 0 Å². The zero-order valence-corrected chi connectivity index (χ0v) is 14.2. The van der Waals surface area contributed by atoms with Crippen molar-refractivity contribution in [2.45, 2.75) is 39.2 Å². The summed E-state index contributed by atoms with van der Waals surface area (Å²) in [7, 11) is 0. The second kappa shape index (κ2) is 7.23. The molecule has 6 nitrogen and oxygen atoms in total. The minimum Gasteiger partial charge on any atom is -0.379 e. The van der Waals surface area contributed by atoms with E-state index in [9.17, 15) is 4.79 Å². The molecular formula is C16H21N3O3S. The normalized spacial score (nSPS) is 20.8. The molecule has 23 heavy (non-hydrogen) atoms. The average molecular weight is 335 g/mol. The van der Waals surface area contributed by atoms with Crippen molar-refractivity contribution >= 4 is 17.2 Å². The minimum atomic E-state index is -0.127. The molecule has 2 aromatic rings. The Balaban J connectivity index is 1.60. The van der Waals surface area contributed by atoms with Gasteiger partial charge in [0.25, 0.3) is 5.91 Å². The molecule has 0 radical (unpaired) electrons. The number of thiazole rings is 1. The van der Waals surface area contributed by atoms with Crippen LogP contribution < -0.4 is 5.32 Å². The first kappa shape index (κ1) is 16.1. The second-order valence-corrected chi connectivity index (χ2v) is 6.84. The topological polar surface area (TPSA) is 77.2 Å². The highest BCUT2D eigenvalue weighted by molar-refractivity contribution is 7.09. The van der Waals surface area contributed by atoms with E-state index in [1.165, 1.54) is 0 Å². The summed E-state index contributed by atoms with van der Waals surface area (Å²) in [5.74, 6) is 0.897. The molecule has 3 rings (SSSR count). The Morgan fingerprint density at radius 1 is 1.48 bits per heavy atom. The zero-order chi connectivity index (χ0) is 16.2. The van der Waals surface area contributed by atoms with Crippen LogP contribution in [0.1, 0.15) is 40.3 Å². The summed E-state index contributed by atoms with van der Waals surface area (Å²) in [6, 6.07) is 1.90. The maximum atomic E-state index is 12.4. The van der Waals surface area contributed by atoms with Crippen molar-refractivity contribution < 1.29 is 14.1 Å². The molecule has 1 amide bonds. The summed E-state index contributed by atoms with van der Waals surface area (Å²) in [5.41, 5.74) is 1.37. The Morgan fingerprint density at radius 3 is 3.09 bits per heavy atom. The van der Waals surface area contributed by atoms with E-state index in [4.69, 9.17) is 9.26 Å². The molecular weight excluding hydrogens is 314 g/mol. The first-order valence-electron chi connectivity index (χ1n) is 7.91. The molecule has 3 heterocycles. The number of ether oxygens (including phenoxy) is 1. The van der Waals surface area contributed by atoms with Gasteiger partial charge in [0.15, 0.2) is 0 Å². The number of nitrogens with one attached hydrogen (secondary N) is 1. The monoisotopic (exact) mass is 335 g/mol. The molecule has 1 fully saturated rings. The number of hydrogen-bond donors (Lipinski definition) is 1. The highest BCUT2D eigenvalue weighted by Crippen LogP contribution is 2.20. The van der Waals surface area contributed by atoms with Crippen LogP contribution in [-0.4, -0.2) is 35.3 Å². The lowest BCUT2D eigenvalue weighted by molar-refractivity contribution is 0.0920. The number of carbonyl (C=O) groups excluding carboxylic acids is 1. The lowest BCUT2D eigenvalue weighted by atomic mass is 9.98. The molecule has 0 aliphatic carbocycles. The molecule has 7 heteroatoms. The summed E-state index contributed by atoms with van der Waals surface area (Å²) in [5, 5.41) is 9.78. The van der Waals surface area contributed by atoms with Crippen LogP contribution in [0.5, 0.6) is 0 Å². The van der Waals surface area contributed by atoms with E-state index in [0.29, 0.717) is 25.3 Å². The Kier molecular flexibility index (Phi) is 5.07. The molecule has 124 valence electrons. The lowest BCUT2D eigenvalue weighted by Crippen LogP contribution is -2.40. The minimum absolute atomic E-state index is 0.0239. The van der Waals surface area contributed by atoms with Crippen molar-refractivity contribution in [2.75, 3.05) is 13.2 Å². The molecule has 0 saturated carbocycles. The number of hydrogen-bond acceptors (Lipinski definition) is 6. The summed E-state index contributed by atoms with van der Waals surface area (Å²) < 4.78 is 10.8. The second-order valence-electron chi connectivity index (χ2n) is 5.89. The summed E-state index contributed by atoms with van der Waals surface area (Å²) >= 11 is 1.54. The van der Waals surface area contributed by atoms with E-state index in [1.807, 2.05) is 18.4 Å². The van der Waals surface area contributed by atoms with Crippen molar-refractivity contribution in [1.82, 2.24) is 15.5 Å². The third kappa shape index (κ3) is 3.97. The number of carbonyl (C=O) groups is 1. The predicted octanol–water partition coefficient (Wildman–Crippen LogP) is 2.38. The predicted molar refractivity (Wildman–Crippen MR) is 86.6 cm³/mol. The summed E-state index contributed by atoms with van der Waals surface area (Å²) in [6.45, 7) is 5.14. The van der Waals surface area contributed by atoms with Gasteiger partial charge in [0.1, 0.15) is 11.5 Å². The van der Waals surface area contributed by atoms with E-state index < -0.39 is 0 Å². The highest BCUT2D eigenvalue weighted by atomic mass is 32.1. The smallest absolute Gasteiger partial charge is 0.271 e. The van der Waals surface area contributed by atoms with Crippen LogP contribution >= 0.6 is 11.3 Å². The van der Waals surface area contributed by atoms with Crippen LogP contribution in [0.25, 0.3) is 0 Å². The molecule has 0 spiro atoms. The van der Waals surface area contributed by atoms with Gasteiger partial charge in [0.2, 0.25) is 0 Å². The Morgan fingerprint density at radius 2 is 2.35 bits per heavy atom. The molecule has 0 bridgehead atoms. The van der Waals surface area contributed by atoms with Crippen molar-refractivity contribution in [3.05, 3.63) is 33.6 Å². The van der Waals surface area contributed by atoms with Gasteiger partial charge < -0.3 is 14.6 Å². The van der Waals surface area contributed by atoms with E-state index in [-0.39, 0.29) is 17.9 Å².